The third kappa shape index (κ3) is 5.58. The lowest BCUT2D eigenvalue weighted by molar-refractivity contribution is -0.377. The zero-order valence-corrected chi connectivity index (χ0v) is 12.5. The van der Waals surface area contributed by atoms with Crippen molar-refractivity contribution in [1.82, 2.24) is 10.9 Å². The molecule has 7 nitrogen and oxygen atoms in total. The normalized spacial score (nSPS) is 13.8. The Morgan fingerprint density at radius 2 is 1.83 bits per heavy atom. The number of nitrogens with one attached hydrogen (secondary N) is 2. The van der Waals surface area contributed by atoms with Gasteiger partial charge in [0.05, 0.1) is 0 Å². The summed E-state index contributed by atoms with van der Waals surface area (Å²) in [6, 6.07) is 10.0. The van der Waals surface area contributed by atoms with Crippen LogP contribution in [-0.2, 0) is 6.42 Å². The van der Waals surface area contributed by atoms with Crippen molar-refractivity contribution in [2.24, 2.45) is 10.7 Å². The lowest BCUT2D eigenvalue weighted by Crippen LogP contribution is -2.39. The number of benzene rings is 1. The Balaban J connectivity index is 1.74. The van der Waals surface area contributed by atoms with Crippen LogP contribution in [0.1, 0.15) is 5.56 Å². The van der Waals surface area contributed by atoms with Gasteiger partial charge in [-0.2, -0.15) is 4.90 Å². The van der Waals surface area contributed by atoms with Gasteiger partial charge in [0.25, 0.3) is 0 Å². The molecule has 7 heteroatoms. The molecule has 4 N–H and O–H groups in total. The van der Waals surface area contributed by atoms with Crippen LogP contribution in [-0.4, -0.2) is 23.1 Å². The van der Waals surface area contributed by atoms with Gasteiger partial charge >= 0.3 is 0 Å². The molecule has 0 radical (unpaired) electrons. The third-order valence-electron chi connectivity index (χ3n) is 3.07. The van der Waals surface area contributed by atoms with Gasteiger partial charge in [0.2, 0.25) is 11.7 Å². The number of hydrazine groups is 1. The molecule has 0 aliphatic heterocycles. The van der Waals surface area contributed by atoms with Gasteiger partial charge in [-0.05, 0) is 29.7 Å². The lowest BCUT2D eigenvalue weighted by Gasteiger charge is -2.09. The molecule has 0 bridgehead atoms. The lowest BCUT2D eigenvalue weighted by atomic mass is 10.1. The highest BCUT2D eigenvalue weighted by atomic mass is 16.8. The second-order valence-corrected chi connectivity index (χ2v) is 4.76. The smallest absolute Gasteiger partial charge is 0.222 e. The first-order valence-corrected chi connectivity index (χ1v) is 7.08. The van der Waals surface area contributed by atoms with Crippen LogP contribution in [0.4, 0.5) is 0 Å². The molecule has 0 saturated carbocycles. The minimum atomic E-state index is -0.438. The van der Waals surface area contributed by atoms with E-state index in [4.69, 9.17) is 5.73 Å². The highest BCUT2D eigenvalue weighted by molar-refractivity contribution is 6.02. The first-order chi connectivity index (χ1) is 11.1. The standard InChI is InChI=1S/C16H18N5O2/c17-16(18-11-10-13-4-2-1-3-5-13)20-19-12-14-6-8-15(9-7-14)21(22)23/h1-9,12,19H,10-11H2,(H3-,17,18,20,22,23)/q-1. The van der Waals surface area contributed by atoms with Gasteiger partial charge in [0.1, 0.15) is 0 Å². The van der Waals surface area contributed by atoms with Crippen LogP contribution in [0.2, 0.25) is 0 Å². The molecule has 23 heavy (non-hydrogen) atoms. The maximum absolute atomic E-state index is 10.6. The summed E-state index contributed by atoms with van der Waals surface area (Å²) < 4.78 is 0. The highest BCUT2D eigenvalue weighted by Crippen LogP contribution is 2.05. The molecule has 0 fully saturated rings. The van der Waals surface area contributed by atoms with Crippen LogP contribution in [0.15, 0.2) is 71.4 Å². The number of allylic oxidation sites excluding steroid dienone is 5. The molecule has 2 rings (SSSR count). The SMILES string of the molecule is NC(=NCCc1ccccc1)NNC=C1C=CC(=[N+]([O-])[O-])C=C1. The minimum absolute atomic E-state index is 0.0529. The number of guanidine groups is 1. The molecule has 0 aromatic heterocycles. The van der Waals surface area contributed by atoms with Crippen LogP contribution in [0, 0.1) is 10.4 Å². The molecule has 1 aromatic rings. The summed E-state index contributed by atoms with van der Waals surface area (Å²) in [5.41, 5.74) is 13.3. The van der Waals surface area contributed by atoms with Crippen molar-refractivity contribution in [3.8, 4) is 0 Å². The van der Waals surface area contributed by atoms with E-state index in [-0.39, 0.29) is 11.7 Å². The Labute approximate surface area is 134 Å². The van der Waals surface area contributed by atoms with Crippen LogP contribution in [0.5, 0.6) is 0 Å². The van der Waals surface area contributed by atoms with Crippen molar-refractivity contribution in [3.63, 3.8) is 0 Å². The monoisotopic (exact) mass is 312 g/mol. The Kier molecular flexibility index (Phi) is 5.81. The Bertz CT molecular complexity index is 653. The third-order valence-corrected chi connectivity index (χ3v) is 3.07. The number of hydrogen-bond donors (Lipinski definition) is 3. The first kappa shape index (κ1) is 16.2. The fraction of sp³-hybridized carbons (Fsp3) is 0.125. The summed E-state index contributed by atoms with van der Waals surface area (Å²) >= 11 is 0. The fourth-order valence-electron chi connectivity index (χ4n) is 1.88. The highest BCUT2D eigenvalue weighted by Gasteiger charge is 2.02. The molecule has 1 aromatic carbocycles. The zero-order chi connectivity index (χ0) is 16.5. The van der Waals surface area contributed by atoms with Crippen molar-refractivity contribution in [2.75, 3.05) is 6.54 Å². The van der Waals surface area contributed by atoms with E-state index in [9.17, 15) is 10.4 Å². The Morgan fingerprint density at radius 3 is 2.48 bits per heavy atom. The van der Waals surface area contributed by atoms with Gasteiger partial charge < -0.3 is 21.6 Å². The molecular formula is C16H18N5O2-. The van der Waals surface area contributed by atoms with Gasteiger partial charge in [-0.3, -0.25) is 10.4 Å². The van der Waals surface area contributed by atoms with E-state index in [0.717, 1.165) is 12.0 Å². The van der Waals surface area contributed by atoms with Gasteiger partial charge in [-0.25, -0.2) is 0 Å². The van der Waals surface area contributed by atoms with Crippen molar-refractivity contribution < 1.29 is 4.90 Å². The Hall–Kier alpha value is -3.22. The molecule has 1 aliphatic carbocycles. The molecule has 1 aliphatic rings. The average Bonchev–Trinajstić information content (AvgIpc) is 2.56. The summed E-state index contributed by atoms with van der Waals surface area (Å²) in [6.45, 7) is 0.585. The molecule has 120 valence electrons. The van der Waals surface area contributed by atoms with Crippen LogP contribution in [0.3, 0.4) is 0 Å². The maximum Gasteiger partial charge on any atom is 0.222 e. The molecule has 0 amide bonds. The maximum atomic E-state index is 10.6. The van der Waals surface area contributed by atoms with Crippen molar-refractivity contribution in [2.45, 2.75) is 6.42 Å². The minimum Gasteiger partial charge on any atom is -0.612 e. The average molecular weight is 312 g/mol. The van der Waals surface area contributed by atoms with E-state index in [1.54, 1.807) is 18.4 Å². The number of hydrogen-bond acceptors (Lipinski definition) is 4. The van der Waals surface area contributed by atoms with Crippen molar-refractivity contribution in [3.05, 3.63) is 82.4 Å². The summed E-state index contributed by atoms with van der Waals surface area (Å²) in [5.74, 6) is 0.277. The quantitative estimate of drug-likeness (QED) is 0.326. The van der Waals surface area contributed by atoms with Gasteiger partial charge in [-0.15, -0.1) is 0 Å². The van der Waals surface area contributed by atoms with E-state index >= 15 is 0 Å². The molecule has 0 atom stereocenters. The number of nitrogens with two attached hydrogens (primary N) is 1. The fourth-order valence-corrected chi connectivity index (χ4v) is 1.88. The number of nitrogens with zero attached hydrogens (tertiary/aromatic N) is 2. The molecule has 0 heterocycles. The van der Waals surface area contributed by atoms with E-state index in [1.165, 1.54) is 17.7 Å². The summed E-state index contributed by atoms with van der Waals surface area (Å²) in [5, 5.41) is 21.1. The van der Waals surface area contributed by atoms with Gasteiger partial charge in [0.15, 0.2) is 0 Å². The van der Waals surface area contributed by atoms with E-state index < -0.39 is 4.90 Å². The van der Waals surface area contributed by atoms with Crippen molar-refractivity contribution >= 4 is 11.7 Å². The van der Waals surface area contributed by atoms with Crippen LogP contribution < -0.4 is 16.6 Å². The summed E-state index contributed by atoms with van der Waals surface area (Å²) in [7, 11) is 0. The van der Waals surface area contributed by atoms with Gasteiger partial charge in [-0.1, -0.05) is 30.3 Å². The largest absolute Gasteiger partial charge is 0.612 e. The predicted molar refractivity (Wildman–Crippen MR) is 91.3 cm³/mol. The molecule has 0 unspecified atom stereocenters. The summed E-state index contributed by atoms with van der Waals surface area (Å²) in [4.78, 5) is 3.76. The molecular weight excluding hydrogens is 294 g/mol. The molecule has 0 saturated heterocycles. The molecule has 0 spiro atoms. The van der Waals surface area contributed by atoms with Crippen LogP contribution in [0.25, 0.3) is 0 Å². The summed E-state index contributed by atoms with van der Waals surface area (Å²) in [6.07, 6.45) is 8.60. The van der Waals surface area contributed by atoms with Crippen molar-refractivity contribution in [1.29, 1.82) is 0 Å². The number of rotatable bonds is 5. The predicted octanol–water partition coefficient (Wildman–Crippen LogP) is 1.10. The second-order valence-electron chi connectivity index (χ2n) is 4.76. The van der Waals surface area contributed by atoms with E-state index in [1.807, 2.05) is 30.3 Å². The zero-order valence-electron chi connectivity index (χ0n) is 12.5. The van der Waals surface area contributed by atoms with E-state index in [0.29, 0.717) is 6.54 Å². The Morgan fingerprint density at radius 1 is 1.13 bits per heavy atom. The topological polar surface area (TPSA) is 112 Å². The number of aliphatic imine (C=N–C) groups is 1. The second kappa shape index (κ2) is 8.28. The first-order valence-electron chi connectivity index (χ1n) is 7.08. The van der Waals surface area contributed by atoms with Crippen LogP contribution >= 0.6 is 0 Å². The van der Waals surface area contributed by atoms with Gasteiger partial charge in [0, 0.05) is 24.9 Å². The van der Waals surface area contributed by atoms with E-state index in [2.05, 4.69) is 15.8 Å².